The van der Waals surface area contributed by atoms with Crippen molar-refractivity contribution in [3.8, 4) is 0 Å². The molecule has 0 bridgehead atoms. The summed E-state index contributed by atoms with van der Waals surface area (Å²) in [7, 11) is 0. The van der Waals surface area contributed by atoms with E-state index in [0.29, 0.717) is 12.5 Å². The Morgan fingerprint density at radius 3 is 3.00 bits per heavy atom. The monoisotopic (exact) mass is 387 g/mol. The van der Waals surface area contributed by atoms with Crippen LogP contribution >= 0.6 is 23.1 Å². The standard InChI is InChI=1S/C19H21N3O2S2/c23-17(24)8-4-3-7-15-11-25-18(20-15)21-19-22-10-14-6-2-1-5-13(14)9-16(22)12-26-19/h1-2,5-6,11,16H,3-4,7-10,12H2,(H,23,24)/t16-/m0/s1. The third kappa shape index (κ3) is 3.94. The van der Waals surface area contributed by atoms with E-state index in [1.807, 2.05) is 17.1 Å². The number of unbranched alkanes of at least 4 members (excludes halogenated alkanes) is 1. The van der Waals surface area contributed by atoms with Gasteiger partial charge in [0.1, 0.15) is 0 Å². The average molecular weight is 388 g/mol. The number of thioether (sulfide) groups is 1. The van der Waals surface area contributed by atoms with Crippen LogP contribution in [0.3, 0.4) is 0 Å². The molecule has 0 aliphatic carbocycles. The Bertz CT molecular complexity index is 834. The molecule has 1 aromatic carbocycles. The van der Waals surface area contributed by atoms with Gasteiger partial charge >= 0.3 is 5.97 Å². The summed E-state index contributed by atoms with van der Waals surface area (Å²) >= 11 is 3.40. The number of aliphatic imine (C=N–C) groups is 1. The van der Waals surface area contributed by atoms with Crippen LogP contribution in [0.15, 0.2) is 34.6 Å². The summed E-state index contributed by atoms with van der Waals surface area (Å²) in [5.74, 6) is 0.354. The first-order valence-corrected chi connectivity index (χ1v) is 10.8. The second kappa shape index (κ2) is 7.80. The molecule has 0 saturated carbocycles. The summed E-state index contributed by atoms with van der Waals surface area (Å²) in [6.07, 6.45) is 3.69. The molecule has 2 aromatic rings. The van der Waals surface area contributed by atoms with E-state index in [-0.39, 0.29) is 6.42 Å². The van der Waals surface area contributed by atoms with Gasteiger partial charge in [0.15, 0.2) is 5.17 Å². The molecule has 2 aliphatic heterocycles. The Kier molecular flexibility index (Phi) is 5.26. The predicted molar refractivity (Wildman–Crippen MR) is 106 cm³/mol. The number of nitrogens with zero attached hydrogens (tertiary/aromatic N) is 3. The number of fused-ring (bicyclic) bond motifs is 2. The number of aliphatic carboxylic acids is 1. The minimum Gasteiger partial charge on any atom is -0.481 e. The first-order valence-electron chi connectivity index (χ1n) is 8.90. The molecule has 4 rings (SSSR count). The molecule has 26 heavy (non-hydrogen) atoms. The molecule has 5 nitrogen and oxygen atoms in total. The molecule has 7 heteroatoms. The van der Waals surface area contributed by atoms with Crippen molar-refractivity contribution in [1.82, 2.24) is 9.88 Å². The second-order valence-corrected chi connectivity index (χ2v) is 8.51. The number of carboxylic acid groups (broad SMARTS) is 1. The van der Waals surface area contributed by atoms with Gasteiger partial charge in [0.25, 0.3) is 0 Å². The molecule has 0 unspecified atom stereocenters. The fraction of sp³-hybridized carbons (Fsp3) is 0.421. The smallest absolute Gasteiger partial charge is 0.303 e. The zero-order valence-electron chi connectivity index (χ0n) is 14.4. The molecule has 136 valence electrons. The number of rotatable bonds is 6. The van der Waals surface area contributed by atoms with Crippen LogP contribution in [0.2, 0.25) is 0 Å². The van der Waals surface area contributed by atoms with Crippen molar-refractivity contribution in [3.63, 3.8) is 0 Å². The van der Waals surface area contributed by atoms with Crippen molar-refractivity contribution >= 4 is 39.4 Å². The molecule has 3 heterocycles. The Labute approximate surface area is 161 Å². The summed E-state index contributed by atoms with van der Waals surface area (Å²) in [5, 5.41) is 12.6. The van der Waals surface area contributed by atoms with Crippen LogP contribution < -0.4 is 0 Å². The zero-order chi connectivity index (χ0) is 17.9. The number of thiazole rings is 1. The maximum atomic E-state index is 10.6. The van der Waals surface area contributed by atoms with Gasteiger partial charge in [-0.15, -0.1) is 11.3 Å². The molecule has 1 atom stereocenters. The van der Waals surface area contributed by atoms with Crippen molar-refractivity contribution < 1.29 is 9.90 Å². The fourth-order valence-electron chi connectivity index (χ4n) is 3.44. The second-order valence-electron chi connectivity index (χ2n) is 6.68. The molecule has 0 radical (unpaired) electrons. The lowest BCUT2D eigenvalue weighted by Gasteiger charge is -2.32. The number of amidine groups is 1. The Morgan fingerprint density at radius 1 is 1.31 bits per heavy atom. The summed E-state index contributed by atoms with van der Waals surface area (Å²) in [5.41, 5.74) is 3.88. The average Bonchev–Trinajstić information content (AvgIpc) is 3.24. The highest BCUT2D eigenvalue weighted by Crippen LogP contribution is 2.35. The number of benzene rings is 1. The summed E-state index contributed by atoms with van der Waals surface area (Å²) in [6.45, 7) is 0.931. The van der Waals surface area contributed by atoms with Crippen LogP contribution in [0.1, 0.15) is 36.1 Å². The van der Waals surface area contributed by atoms with Gasteiger partial charge in [-0.25, -0.2) is 4.98 Å². The van der Waals surface area contributed by atoms with Crippen LogP contribution in [0, 0.1) is 0 Å². The van der Waals surface area contributed by atoms with Gasteiger partial charge in [-0.3, -0.25) is 4.79 Å². The number of carboxylic acids is 1. The lowest BCUT2D eigenvalue weighted by Crippen LogP contribution is -2.38. The van der Waals surface area contributed by atoms with E-state index in [1.165, 1.54) is 11.1 Å². The number of hydrogen-bond donors (Lipinski definition) is 1. The van der Waals surface area contributed by atoms with Gasteiger partial charge in [0.05, 0.1) is 5.69 Å². The number of hydrogen-bond acceptors (Lipinski definition) is 5. The van der Waals surface area contributed by atoms with Crippen molar-refractivity contribution in [1.29, 1.82) is 0 Å². The first-order chi connectivity index (χ1) is 12.7. The maximum Gasteiger partial charge on any atom is 0.303 e. The summed E-state index contributed by atoms with van der Waals surface area (Å²) < 4.78 is 0. The van der Waals surface area contributed by atoms with Gasteiger partial charge in [-0.05, 0) is 36.8 Å². The molecule has 1 N–H and O–H groups in total. The van der Waals surface area contributed by atoms with Crippen molar-refractivity contribution in [2.24, 2.45) is 4.99 Å². The minimum absolute atomic E-state index is 0.230. The Hall–Kier alpha value is -1.86. The van der Waals surface area contributed by atoms with Crippen LogP contribution in [0.5, 0.6) is 0 Å². The molecule has 1 fully saturated rings. The van der Waals surface area contributed by atoms with E-state index in [9.17, 15) is 4.79 Å². The lowest BCUT2D eigenvalue weighted by molar-refractivity contribution is -0.137. The van der Waals surface area contributed by atoms with E-state index in [2.05, 4.69) is 34.1 Å². The highest BCUT2D eigenvalue weighted by molar-refractivity contribution is 8.14. The van der Waals surface area contributed by atoms with E-state index < -0.39 is 5.97 Å². The fourth-order valence-corrected chi connectivity index (χ4v) is 5.39. The normalized spacial score (nSPS) is 20.2. The Morgan fingerprint density at radius 2 is 2.15 bits per heavy atom. The van der Waals surface area contributed by atoms with Gasteiger partial charge in [0.2, 0.25) is 5.13 Å². The number of aromatic nitrogens is 1. The van der Waals surface area contributed by atoms with E-state index in [1.54, 1.807) is 11.3 Å². The lowest BCUT2D eigenvalue weighted by atomic mass is 9.95. The molecule has 2 aliphatic rings. The molecule has 0 amide bonds. The SMILES string of the molecule is O=C(O)CCCCc1csc(N=C2SC[C@@H]3Cc4ccccc4CN23)n1. The van der Waals surface area contributed by atoms with Crippen LogP contribution in [-0.2, 0) is 24.2 Å². The first kappa shape index (κ1) is 17.5. The number of aryl methyl sites for hydroxylation is 1. The van der Waals surface area contributed by atoms with Crippen LogP contribution in [-0.4, -0.2) is 37.9 Å². The van der Waals surface area contributed by atoms with E-state index >= 15 is 0 Å². The Balaban J connectivity index is 1.40. The summed E-state index contributed by atoms with van der Waals surface area (Å²) in [4.78, 5) is 22.4. The van der Waals surface area contributed by atoms with E-state index in [4.69, 9.17) is 10.1 Å². The van der Waals surface area contributed by atoms with Crippen molar-refractivity contribution in [2.45, 2.75) is 44.7 Å². The zero-order valence-corrected chi connectivity index (χ0v) is 16.1. The van der Waals surface area contributed by atoms with Gasteiger partial charge in [0, 0.05) is 30.1 Å². The maximum absolute atomic E-state index is 10.6. The summed E-state index contributed by atoms with van der Waals surface area (Å²) in [6, 6.07) is 9.22. The highest BCUT2D eigenvalue weighted by Gasteiger charge is 2.34. The molecular formula is C19H21N3O2S2. The molecule has 0 spiro atoms. The predicted octanol–water partition coefficient (Wildman–Crippen LogP) is 4.10. The number of carbonyl (C=O) groups is 1. The van der Waals surface area contributed by atoms with E-state index in [0.717, 1.165) is 47.6 Å². The molecule has 1 saturated heterocycles. The quantitative estimate of drug-likeness (QED) is 0.756. The highest BCUT2D eigenvalue weighted by atomic mass is 32.2. The van der Waals surface area contributed by atoms with Gasteiger partial charge in [-0.1, -0.05) is 36.0 Å². The third-order valence-electron chi connectivity index (χ3n) is 4.81. The van der Waals surface area contributed by atoms with Gasteiger partial charge < -0.3 is 10.0 Å². The molecular weight excluding hydrogens is 366 g/mol. The minimum atomic E-state index is -0.730. The largest absolute Gasteiger partial charge is 0.481 e. The van der Waals surface area contributed by atoms with Gasteiger partial charge in [-0.2, -0.15) is 4.99 Å². The topological polar surface area (TPSA) is 65.8 Å². The third-order valence-corrected chi connectivity index (χ3v) is 6.73. The van der Waals surface area contributed by atoms with Crippen molar-refractivity contribution in [2.75, 3.05) is 5.75 Å². The molecule has 1 aromatic heterocycles. The van der Waals surface area contributed by atoms with Crippen LogP contribution in [0.4, 0.5) is 5.13 Å². The van der Waals surface area contributed by atoms with Crippen LogP contribution in [0.25, 0.3) is 0 Å². The van der Waals surface area contributed by atoms with Crippen molar-refractivity contribution in [3.05, 3.63) is 46.5 Å².